The molecule has 2 aliphatic heterocycles. The number of fused-ring (bicyclic) bond motifs is 2. The normalized spacial score (nSPS) is 31.1. The lowest BCUT2D eigenvalue weighted by Gasteiger charge is -2.18. The van der Waals surface area contributed by atoms with Gasteiger partial charge in [-0.05, 0) is 19.6 Å². The van der Waals surface area contributed by atoms with Crippen molar-refractivity contribution in [2.75, 3.05) is 32.0 Å². The lowest BCUT2D eigenvalue weighted by atomic mass is 10.5. The molecule has 2 fully saturated rings. The van der Waals surface area contributed by atoms with Gasteiger partial charge in [-0.25, -0.2) is 19.5 Å². The Morgan fingerprint density at radius 2 is 1.83 bits per heavy atom. The fourth-order valence-corrected chi connectivity index (χ4v) is 4.52. The highest BCUT2D eigenvalue weighted by atomic mass is 31.2. The van der Waals surface area contributed by atoms with Crippen LogP contribution in [-0.2, 0) is 18.3 Å². The molecule has 0 bridgehead atoms. The maximum Gasteiger partial charge on any atom is 0.473 e. The van der Waals surface area contributed by atoms with Crippen molar-refractivity contribution in [1.29, 1.82) is 0 Å². The molecule has 1 unspecified atom stereocenters. The lowest BCUT2D eigenvalue weighted by molar-refractivity contribution is -0.0589. The van der Waals surface area contributed by atoms with Crippen LogP contribution in [0.15, 0.2) is 12.7 Å². The number of nitrogens with zero attached hydrogens (tertiary/aromatic N) is 5. The second-order valence-electron chi connectivity index (χ2n) is 6.56. The third-order valence-corrected chi connectivity index (χ3v) is 6.00. The van der Waals surface area contributed by atoms with Crippen molar-refractivity contribution < 1.29 is 28.3 Å². The van der Waals surface area contributed by atoms with Crippen LogP contribution in [-0.4, -0.2) is 79.0 Å². The van der Waals surface area contributed by atoms with Gasteiger partial charge >= 0.3 is 7.82 Å². The van der Waals surface area contributed by atoms with E-state index < -0.39 is 32.4 Å². The van der Waals surface area contributed by atoms with E-state index in [2.05, 4.69) is 40.6 Å². The molecular formula is C16H27N6O6P. The first-order valence-electron chi connectivity index (χ1n) is 9.46. The highest BCUT2D eigenvalue weighted by Crippen LogP contribution is 2.58. The van der Waals surface area contributed by atoms with Gasteiger partial charge in [0.2, 0.25) is 0 Å². The molecule has 4 rings (SSSR count). The van der Waals surface area contributed by atoms with Gasteiger partial charge in [0.05, 0.1) is 12.9 Å². The Hall–Kier alpha value is -1.66. The van der Waals surface area contributed by atoms with Crippen molar-refractivity contribution in [3.63, 3.8) is 0 Å². The summed E-state index contributed by atoms with van der Waals surface area (Å²) >= 11 is 0. The fraction of sp³-hybridized carbons (Fsp3) is 0.688. The Bertz CT molecular complexity index is 871. The van der Waals surface area contributed by atoms with Gasteiger partial charge in [-0.2, -0.15) is 0 Å². The number of hydrogen-bond donors (Lipinski definition) is 3. The molecule has 5 atom stereocenters. The van der Waals surface area contributed by atoms with Crippen molar-refractivity contribution in [2.45, 2.75) is 45.3 Å². The van der Waals surface area contributed by atoms with Crippen LogP contribution in [0.2, 0.25) is 0 Å². The van der Waals surface area contributed by atoms with E-state index >= 15 is 0 Å². The van der Waals surface area contributed by atoms with Gasteiger partial charge in [-0.1, -0.05) is 20.8 Å². The molecule has 13 heteroatoms. The third kappa shape index (κ3) is 4.43. The Morgan fingerprint density at radius 1 is 1.17 bits per heavy atom. The van der Waals surface area contributed by atoms with Gasteiger partial charge in [0, 0.05) is 0 Å². The molecule has 2 aliphatic rings. The summed E-state index contributed by atoms with van der Waals surface area (Å²) in [5.74, 6) is 0.202. The number of hydrogen-bond acceptors (Lipinski definition) is 10. The summed E-state index contributed by atoms with van der Waals surface area (Å²) in [6.45, 7) is 9.74. The average molecular weight is 435 g/mol. The van der Waals surface area contributed by atoms with Gasteiger partial charge < -0.3 is 25.4 Å². The second kappa shape index (κ2) is 9.00. The minimum Gasteiger partial charge on any atom is -0.394 e. The highest BCUT2D eigenvalue weighted by molar-refractivity contribution is 7.47. The number of imidazole rings is 1. The Morgan fingerprint density at radius 3 is 2.41 bits per heavy atom. The smallest absolute Gasteiger partial charge is 0.394 e. The van der Waals surface area contributed by atoms with Crippen LogP contribution < -0.4 is 5.73 Å². The first-order valence-corrected chi connectivity index (χ1v) is 11.0. The summed E-state index contributed by atoms with van der Waals surface area (Å²) < 4.78 is 28.8. The topological polar surface area (TPSA) is 158 Å². The minimum atomic E-state index is -4.16. The molecule has 4 heterocycles. The molecule has 0 aromatic carbocycles. The van der Waals surface area contributed by atoms with Crippen molar-refractivity contribution in [2.24, 2.45) is 0 Å². The van der Waals surface area contributed by atoms with Crippen LogP contribution in [0, 0.1) is 0 Å². The Balaban J connectivity index is 0.000000298. The molecule has 2 aromatic heterocycles. The first-order chi connectivity index (χ1) is 13.8. The van der Waals surface area contributed by atoms with Crippen LogP contribution >= 0.6 is 7.82 Å². The summed E-state index contributed by atoms with van der Waals surface area (Å²) in [5.41, 5.74) is 6.49. The summed E-state index contributed by atoms with van der Waals surface area (Å²) in [7, 11) is -4.16. The lowest BCUT2D eigenvalue weighted by Crippen LogP contribution is -2.30. The standard InChI is InChI=1S/C10H12N5O6P.C6H15N/c11-8-5-9(13-2-12-8)15(3-14-5)10-7-6(4(1-16)19-10)20-22(17,18)21-7;1-4-7(5-2)6-3/h2-4,6-7,10,16H,1H2,(H,17,18)(H2,11,12,13);4-6H2,1-3H3/t4-,6-,7-,10-;/m1./s1/i1+1,4+1,6+1,7+1,10+1;. The van der Waals surface area contributed by atoms with E-state index in [1.165, 1.54) is 36.9 Å². The molecular weight excluding hydrogens is 408 g/mol. The van der Waals surface area contributed by atoms with E-state index in [-0.39, 0.29) is 12.4 Å². The van der Waals surface area contributed by atoms with Crippen molar-refractivity contribution in [3.8, 4) is 0 Å². The number of rotatable bonds is 5. The first kappa shape index (κ1) is 22.0. The molecule has 162 valence electrons. The van der Waals surface area contributed by atoms with E-state index in [0.29, 0.717) is 11.2 Å². The molecule has 0 saturated carbocycles. The predicted octanol–water partition coefficient (Wildman–Crippen LogP) is 0.531. The quantitative estimate of drug-likeness (QED) is 0.444. The van der Waals surface area contributed by atoms with Crippen LogP contribution in [0.5, 0.6) is 0 Å². The Labute approximate surface area is 168 Å². The molecule has 4 N–H and O–H groups in total. The van der Waals surface area contributed by atoms with E-state index in [9.17, 15) is 14.6 Å². The van der Waals surface area contributed by atoms with Gasteiger partial charge in [0.1, 0.15) is 30.2 Å². The van der Waals surface area contributed by atoms with Gasteiger partial charge in [-0.3, -0.25) is 13.6 Å². The van der Waals surface area contributed by atoms with Crippen molar-refractivity contribution in [1.82, 2.24) is 24.4 Å². The molecule has 0 spiro atoms. The zero-order chi connectivity index (χ0) is 21.2. The number of aliphatic hydroxyl groups is 1. The van der Waals surface area contributed by atoms with Crippen LogP contribution in [0.1, 0.15) is 27.0 Å². The van der Waals surface area contributed by atoms with Crippen LogP contribution in [0.25, 0.3) is 11.2 Å². The maximum atomic E-state index is 11.6. The van der Waals surface area contributed by atoms with E-state index in [1.807, 2.05) is 0 Å². The molecule has 12 nitrogen and oxygen atoms in total. The fourth-order valence-electron chi connectivity index (χ4n) is 3.38. The molecule has 0 aliphatic carbocycles. The van der Waals surface area contributed by atoms with E-state index in [1.54, 1.807) is 0 Å². The molecule has 29 heavy (non-hydrogen) atoms. The van der Waals surface area contributed by atoms with Crippen LogP contribution in [0.4, 0.5) is 5.82 Å². The summed E-state index contributed by atoms with van der Waals surface area (Å²) in [4.78, 5) is 23.9. The number of ether oxygens (including phenoxy) is 1. The van der Waals surface area contributed by atoms with Gasteiger partial charge in [0.25, 0.3) is 0 Å². The number of nitrogen functional groups attached to an aromatic ring is 1. The SMILES string of the molecule is CCN(CC)CC.Nc1ncnc2c1ncn2[13C@@H]1O[13C@H]([13CH2]O)[13C@H]2OP(=O)(O)O[13C@H]21. The van der Waals surface area contributed by atoms with E-state index in [0.717, 1.165) is 0 Å². The van der Waals surface area contributed by atoms with Crippen LogP contribution in [0.3, 0.4) is 0 Å². The summed E-state index contributed by atoms with van der Waals surface area (Å²) in [5, 5.41) is 9.35. The second-order valence-corrected chi connectivity index (χ2v) is 7.92. The zero-order valence-corrected chi connectivity index (χ0v) is 17.5. The van der Waals surface area contributed by atoms with E-state index in [4.69, 9.17) is 19.5 Å². The number of aliphatic hydroxyl groups excluding tert-OH is 1. The number of phosphoric ester groups is 1. The predicted molar refractivity (Wildman–Crippen MR) is 104 cm³/mol. The molecule has 0 radical (unpaired) electrons. The number of aromatic nitrogens is 4. The molecule has 2 aromatic rings. The summed E-state index contributed by atoms with van der Waals surface area (Å²) in [6.07, 6.45) is -0.668. The monoisotopic (exact) mass is 435 g/mol. The zero-order valence-electron chi connectivity index (χ0n) is 16.6. The number of nitrogens with two attached hydrogens (primary N) is 1. The maximum absolute atomic E-state index is 11.6. The van der Waals surface area contributed by atoms with Gasteiger partial charge in [0.15, 0.2) is 17.7 Å². The average Bonchev–Trinajstić information content (AvgIpc) is 3.35. The summed E-state index contributed by atoms with van der Waals surface area (Å²) in [6, 6.07) is 0. The van der Waals surface area contributed by atoms with Crippen molar-refractivity contribution >= 4 is 24.8 Å². The Kier molecular flexibility index (Phi) is 6.84. The molecule has 2 saturated heterocycles. The highest BCUT2D eigenvalue weighted by Gasteiger charge is 2.57. The minimum absolute atomic E-state index is 0.202. The number of anilines is 1. The largest absolute Gasteiger partial charge is 0.473 e. The number of phosphoric acid groups is 1. The molecule has 0 amide bonds. The third-order valence-electron chi connectivity index (χ3n) is 4.98. The van der Waals surface area contributed by atoms with Crippen molar-refractivity contribution in [3.05, 3.63) is 12.7 Å². The van der Waals surface area contributed by atoms with Gasteiger partial charge in [-0.15, -0.1) is 0 Å².